The van der Waals surface area contributed by atoms with E-state index < -0.39 is 12.0 Å². The van der Waals surface area contributed by atoms with Crippen molar-refractivity contribution in [3.8, 4) is 0 Å². The zero-order chi connectivity index (χ0) is 13.6. The molecule has 1 aliphatic carbocycles. The van der Waals surface area contributed by atoms with Crippen LogP contribution in [0.4, 0.5) is 4.79 Å². The second-order valence-electron chi connectivity index (χ2n) is 4.76. The number of thioether (sulfide) groups is 1. The fraction of sp³-hybridized carbons (Fsp3) is 0.833. The first kappa shape index (κ1) is 15.1. The van der Waals surface area contributed by atoms with E-state index in [-0.39, 0.29) is 11.6 Å². The van der Waals surface area contributed by atoms with Gasteiger partial charge in [-0.05, 0) is 44.1 Å². The summed E-state index contributed by atoms with van der Waals surface area (Å²) in [6.45, 7) is 2.04. The molecular weight excluding hydrogens is 252 g/mol. The van der Waals surface area contributed by atoms with Crippen LogP contribution in [0.1, 0.15) is 39.0 Å². The van der Waals surface area contributed by atoms with Gasteiger partial charge in [-0.25, -0.2) is 9.59 Å². The van der Waals surface area contributed by atoms with E-state index in [9.17, 15) is 9.59 Å². The van der Waals surface area contributed by atoms with Crippen molar-refractivity contribution in [3.05, 3.63) is 0 Å². The van der Waals surface area contributed by atoms with Crippen LogP contribution in [0.5, 0.6) is 0 Å². The Morgan fingerprint density at radius 1 is 1.44 bits per heavy atom. The SMILES string of the molecule is CCC1(NC(=O)N[C@@H](CCSC)C(=O)O)CCC1. The molecule has 0 aliphatic heterocycles. The number of carbonyl (C=O) groups excluding carboxylic acids is 1. The fourth-order valence-corrected chi connectivity index (χ4v) is 2.57. The summed E-state index contributed by atoms with van der Waals surface area (Å²) in [6.07, 6.45) is 6.35. The predicted molar refractivity (Wildman–Crippen MR) is 73.0 cm³/mol. The Bertz CT molecular complexity index is 300. The minimum atomic E-state index is -0.974. The summed E-state index contributed by atoms with van der Waals surface area (Å²) >= 11 is 1.57. The van der Waals surface area contributed by atoms with Crippen LogP contribution in [-0.2, 0) is 4.79 Å². The lowest BCUT2D eigenvalue weighted by atomic mass is 9.75. The molecule has 0 radical (unpaired) electrons. The summed E-state index contributed by atoms with van der Waals surface area (Å²) in [5.74, 6) is -0.255. The first-order chi connectivity index (χ1) is 8.53. The molecule has 0 aromatic carbocycles. The third kappa shape index (κ3) is 4.08. The second kappa shape index (κ2) is 6.87. The van der Waals surface area contributed by atoms with Crippen molar-refractivity contribution < 1.29 is 14.7 Å². The molecule has 6 heteroatoms. The van der Waals surface area contributed by atoms with E-state index in [1.54, 1.807) is 11.8 Å². The Hall–Kier alpha value is -0.910. The van der Waals surface area contributed by atoms with Crippen molar-refractivity contribution in [3.63, 3.8) is 0 Å². The molecule has 1 fully saturated rings. The molecule has 104 valence electrons. The van der Waals surface area contributed by atoms with Gasteiger partial charge >= 0.3 is 12.0 Å². The first-order valence-electron chi connectivity index (χ1n) is 6.33. The number of rotatable bonds is 7. The summed E-state index contributed by atoms with van der Waals surface area (Å²) in [6, 6.07) is -1.16. The van der Waals surface area contributed by atoms with Crippen molar-refractivity contribution in [1.82, 2.24) is 10.6 Å². The Kier molecular flexibility index (Phi) is 5.78. The number of carboxylic acids is 1. The monoisotopic (exact) mass is 274 g/mol. The number of nitrogens with one attached hydrogen (secondary N) is 2. The smallest absolute Gasteiger partial charge is 0.326 e. The average molecular weight is 274 g/mol. The first-order valence-corrected chi connectivity index (χ1v) is 7.73. The van der Waals surface area contributed by atoms with E-state index in [2.05, 4.69) is 10.6 Å². The van der Waals surface area contributed by atoms with Crippen LogP contribution in [-0.4, -0.2) is 40.7 Å². The molecule has 0 spiro atoms. The lowest BCUT2D eigenvalue weighted by Crippen LogP contribution is -2.58. The van der Waals surface area contributed by atoms with Gasteiger partial charge in [-0.2, -0.15) is 11.8 Å². The van der Waals surface area contributed by atoms with Gasteiger partial charge in [0.25, 0.3) is 0 Å². The van der Waals surface area contributed by atoms with Crippen molar-refractivity contribution in [2.75, 3.05) is 12.0 Å². The van der Waals surface area contributed by atoms with Gasteiger partial charge in [-0.1, -0.05) is 6.92 Å². The summed E-state index contributed by atoms with van der Waals surface area (Å²) in [4.78, 5) is 22.8. The minimum absolute atomic E-state index is 0.105. The van der Waals surface area contributed by atoms with E-state index in [0.29, 0.717) is 6.42 Å². The highest BCUT2D eigenvalue weighted by Crippen LogP contribution is 2.34. The molecule has 2 amide bonds. The molecule has 1 atom stereocenters. The molecule has 0 saturated heterocycles. The van der Waals surface area contributed by atoms with Crippen LogP contribution in [0.25, 0.3) is 0 Å². The van der Waals surface area contributed by atoms with Gasteiger partial charge < -0.3 is 15.7 Å². The van der Waals surface area contributed by atoms with E-state index in [1.807, 2.05) is 13.2 Å². The molecule has 18 heavy (non-hydrogen) atoms. The third-order valence-electron chi connectivity index (χ3n) is 3.58. The van der Waals surface area contributed by atoms with Crippen LogP contribution in [0.3, 0.4) is 0 Å². The Labute approximate surface area is 112 Å². The van der Waals surface area contributed by atoms with Crippen molar-refractivity contribution >= 4 is 23.8 Å². The van der Waals surface area contributed by atoms with Crippen molar-refractivity contribution in [1.29, 1.82) is 0 Å². The van der Waals surface area contributed by atoms with Gasteiger partial charge in [0.2, 0.25) is 0 Å². The van der Waals surface area contributed by atoms with Gasteiger partial charge in [-0.3, -0.25) is 0 Å². The van der Waals surface area contributed by atoms with Crippen molar-refractivity contribution in [2.24, 2.45) is 0 Å². The molecule has 5 nitrogen and oxygen atoms in total. The number of hydrogen-bond acceptors (Lipinski definition) is 3. The molecular formula is C12H22N2O3S. The average Bonchev–Trinajstić information content (AvgIpc) is 2.28. The Morgan fingerprint density at radius 2 is 2.11 bits per heavy atom. The van der Waals surface area contributed by atoms with E-state index in [4.69, 9.17) is 5.11 Å². The lowest BCUT2D eigenvalue weighted by molar-refractivity contribution is -0.139. The molecule has 0 unspecified atom stereocenters. The molecule has 3 N–H and O–H groups in total. The third-order valence-corrected chi connectivity index (χ3v) is 4.22. The van der Waals surface area contributed by atoms with Crippen LogP contribution in [0, 0.1) is 0 Å². The summed E-state index contributed by atoms with van der Waals surface area (Å²) < 4.78 is 0. The largest absolute Gasteiger partial charge is 0.480 e. The topological polar surface area (TPSA) is 78.4 Å². The van der Waals surface area contributed by atoms with Gasteiger partial charge in [0.1, 0.15) is 6.04 Å². The summed E-state index contributed by atoms with van der Waals surface area (Å²) in [7, 11) is 0. The van der Waals surface area contributed by atoms with Gasteiger partial charge in [0, 0.05) is 5.54 Å². The van der Waals surface area contributed by atoms with Crippen LogP contribution in [0.2, 0.25) is 0 Å². The molecule has 0 aromatic heterocycles. The molecule has 1 aliphatic rings. The van der Waals surface area contributed by atoms with Crippen LogP contribution >= 0.6 is 11.8 Å². The predicted octanol–water partition coefficient (Wildman–Crippen LogP) is 1.82. The maximum Gasteiger partial charge on any atom is 0.326 e. The number of carboxylic acid groups (broad SMARTS) is 1. The highest BCUT2D eigenvalue weighted by molar-refractivity contribution is 7.98. The number of amides is 2. The maximum absolute atomic E-state index is 11.8. The Morgan fingerprint density at radius 3 is 2.50 bits per heavy atom. The standard InChI is InChI=1S/C12H22N2O3S/c1-3-12(6-4-7-12)14-11(17)13-9(10(15)16)5-8-18-2/h9H,3-8H2,1-2H3,(H,15,16)(H2,13,14,17)/t9-/m0/s1. The number of urea groups is 1. The van der Waals surface area contributed by atoms with E-state index >= 15 is 0 Å². The molecule has 0 heterocycles. The minimum Gasteiger partial charge on any atom is -0.480 e. The highest BCUT2D eigenvalue weighted by Gasteiger charge is 2.37. The normalized spacial score (nSPS) is 18.6. The van der Waals surface area contributed by atoms with Crippen LogP contribution < -0.4 is 10.6 Å². The lowest BCUT2D eigenvalue weighted by Gasteiger charge is -2.42. The van der Waals surface area contributed by atoms with Gasteiger partial charge in [-0.15, -0.1) is 0 Å². The molecule has 0 bridgehead atoms. The van der Waals surface area contributed by atoms with Crippen molar-refractivity contribution in [2.45, 2.75) is 50.6 Å². The summed E-state index contributed by atoms with van der Waals surface area (Å²) in [5.41, 5.74) is -0.105. The highest BCUT2D eigenvalue weighted by atomic mass is 32.2. The maximum atomic E-state index is 11.8. The van der Waals surface area contributed by atoms with Crippen LogP contribution in [0.15, 0.2) is 0 Å². The second-order valence-corrected chi connectivity index (χ2v) is 5.74. The van der Waals surface area contributed by atoms with Gasteiger partial charge in [0.05, 0.1) is 0 Å². The number of aliphatic carboxylic acids is 1. The van der Waals surface area contributed by atoms with E-state index in [1.165, 1.54) is 0 Å². The van der Waals surface area contributed by atoms with Gasteiger partial charge in [0.15, 0.2) is 0 Å². The quantitative estimate of drug-likeness (QED) is 0.662. The molecule has 1 rings (SSSR count). The zero-order valence-electron chi connectivity index (χ0n) is 11.0. The Balaban J connectivity index is 2.43. The number of hydrogen-bond donors (Lipinski definition) is 3. The molecule has 0 aromatic rings. The molecule has 1 saturated carbocycles. The zero-order valence-corrected chi connectivity index (χ0v) is 11.8. The van der Waals surface area contributed by atoms with E-state index in [0.717, 1.165) is 31.4 Å². The summed E-state index contributed by atoms with van der Waals surface area (Å²) in [5, 5.41) is 14.5. The number of carbonyl (C=O) groups is 2. The fourth-order valence-electron chi connectivity index (χ4n) is 2.10.